The van der Waals surface area contributed by atoms with E-state index in [1.807, 2.05) is 7.05 Å². The number of Topliss-reactive ketones (excluding diaryl/α,β-unsaturated/α-hetero) is 1. The second kappa shape index (κ2) is 5.97. The molecule has 0 spiro atoms. The zero-order valence-electron chi connectivity index (χ0n) is 10.1. The van der Waals surface area contributed by atoms with Crippen LogP contribution in [0.2, 0.25) is 0 Å². The third kappa shape index (κ3) is 4.05. The molecule has 0 heterocycles. The van der Waals surface area contributed by atoms with E-state index in [0.717, 1.165) is 6.42 Å². The molecule has 0 radical (unpaired) electrons. The fraction of sp³-hybridized carbons (Fsp3) is 0.750. The number of ketones is 1. The molecule has 0 aliphatic heterocycles. The zero-order chi connectivity index (χ0) is 11.3. The van der Waals surface area contributed by atoms with Gasteiger partial charge >= 0.3 is 0 Å². The van der Waals surface area contributed by atoms with Gasteiger partial charge in [0.1, 0.15) is 0 Å². The first-order chi connectivity index (χ1) is 6.40. The van der Waals surface area contributed by atoms with Gasteiger partial charge in [0.15, 0.2) is 5.78 Å². The van der Waals surface area contributed by atoms with Crippen molar-refractivity contribution in [3.63, 3.8) is 0 Å². The lowest BCUT2D eigenvalue weighted by Crippen LogP contribution is -2.36. The van der Waals surface area contributed by atoms with Crippen LogP contribution in [0.5, 0.6) is 0 Å². The SMILES string of the molecule is C=C(C)C(=O)[C@H](CC(C)C(C)C)NC. The van der Waals surface area contributed by atoms with Crippen LogP contribution >= 0.6 is 0 Å². The molecule has 2 nitrogen and oxygen atoms in total. The predicted molar refractivity (Wildman–Crippen MR) is 61.3 cm³/mol. The summed E-state index contributed by atoms with van der Waals surface area (Å²) in [6.45, 7) is 12.0. The topological polar surface area (TPSA) is 29.1 Å². The van der Waals surface area contributed by atoms with Crippen LogP contribution in [-0.2, 0) is 4.79 Å². The van der Waals surface area contributed by atoms with Crippen LogP contribution in [0.4, 0.5) is 0 Å². The molecular weight excluding hydrogens is 174 g/mol. The molecule has 2 atom stereocenters. The monoisotopic (exact) mass is 197 g/mol. The van der Waals surface area contributed by atoms with Crippen molar-refractivity contribution < 1.29 is 4.79 Å². The highest BCUT2D eigenvalue weighted by atomic mass is 16.1. The van der Waals surface area contributed by atoms with Crippen molar-refractivity contribution in [2.75, 3.05) is 7.05 Å². The molecule has 0 aliphatic carbocycles. The van der Waals surface area contributed by atoms with Gasteiger partial charge in [0.2, 0.25) is 0 Å². The highest BCUT2D eigenvalue weighted by molar-refractivity contribution is 5.98. The van der Waals surface area contributed by atoms with Gasteiger partial charge in [-0.3, -0.25) is 4.79 Å². The van der Waals surface area contributed by atoms with Crippen LogP contribution in [-0.4, -0.2) is 18.9 Å². The fourth-order valence-electron chi connectivity index (χ4n) is 1.30. The molecule has 0 aromatic rings. The zero-order valence-corrected chi connectivity index (χ0v) is 10.1. The van der Waals surface area contributed by atoms with Crippen LogP contribution in [0.1, 0.15) is 34.1 Å². The minimum absolute atomic E-state index is 0.0649. The van der Waals surface area contributed by atoms with E-state index in [1.165, 1.54) is 0 Å². The Balaban J connectivity index is 4.29. The van der Waals surface area contributed by atoms with Crippen LogP contribution in [0, 0.1) is 11.8 Å². The van der Waals surface area contributed by atoms with Crippen molar-refractivity contribution in [1.82, 2.24) is 5.32 Å². The molecule has 1 N–H and O–H groups in total. The summed E-state index contributed by atoms with van der Waals surface area (Å²) in [7, 11) is 1.83. The number of nitrogens with one attached hydrogen (secondary N) is 1. The molecule has 0 saturated heterocycles. The summed E-state index contributed by atoms with van der Waals surface area (Å²) in [6.07, 6.45) is 0.889. The molecular formula is C12H23NO. The van der Waals surface area contributed by atoms with E-state index in [2.05, 4.69) is 32.7 Å². The van der Waals surface area contributed by atoms with Crippen LogP contribution in [0.25, 0.3) is 0 Å². The Morgan fingerprint density at radius 1 is 1.36 bits per heavy atom. The minimum Gasteiger partial charge on any atom is -0.310 e. The van der Waals surface area contributed by atoms with Crippen molar-refractivity contribution in [2.24, 2.45) is 11.8 Å². The van der Waals surface area contributed by atoms with Crippen LogP contribution < -0.4 is 5.32 Å². The molecule has 0 bridgehead atoms. The lowest BCUT2D eigenvalue weighted by Gasteiger charge is -2.22. The molecule has 82 valence electrons. The summed E-state index contributed by atoms with van der Waals surface area (Å²) in [5.74, 6) is 1.31. The van der Waals surface area contributed by atoms with Gasteiger partial charge in [-0.2, -0.15) is 0 Å². The number of rotatable bonds is 6. The highest BCUT2D eigenvalue weighted by Gasteiger charge is 2.20. The first kappa shape index (κ1) is 13.4. The summed E-state index contributed by atoms with van der Waals surface area (Å²) >= 11 is 0. The minimum atomic E-state index is -0.0649. The van der Waals surface area contributed by atoms with Gasteiger partial charge in [0.25, 0.3) is 0 Å². The Morgan fingerprint density at radius 3 is 2.14 bits per heavy atom. The molecule has 0 aliphatic rings. The van der Waals surface area contributed by atoms with E-state index >= 15 is 0 Å². The maximum atomic E-state index is 11.7. The standard InChI is InChI=1S/C12H23NO/c1-8(2)10(5)7-11(13-6)12(14)9(3)4/h8,10-11,13H,3,7H2,1-2,4-6H3/t10?,11-/m0/s1. The molecule has 0 rings (SSSR count). The fourth-order valence-corrected chi connectivity index (χ4v) is 1.30. The molecule has 0 aromatic carbocycles. The number of carbonyl (C=O) groups is 1. The molecule has 14 heavy (non-hydrogen) atoms. The average Bonchev–Trinajstić information content (AvgIpc) is 2.12. The Kier molecular flexibility index (Phi) is 5.70. The summed E-state index contributed by atoms with van der Waals surface area (Å²) in [4.78, 5) is 11.7. The van der Waals surface area contributed by atoms with E-state index in [9.17, 15) is 4.79 Å². The van der Waals surface area contributed by atoms with Crippen molar-refractivity contribution >= 4 is 5.78 Å². The van der Waals surface area contributed by atoms with E-state index in [4.69, 9.17) is 0 Å². The molecule has 1 unspecified atom stereocenters. The van der Waals surface area contributed by atoms with E-state index in [1.54, 1.807) is 6.92 Å². The Hall–Kier alpha value is -0.630. The lowest BCUT2D eigenvalue weighted by molar-refractivity contribution is -0.117. The first-order valence-electron chi connectivity index (χ1n) is 5.27. The predicted octanol–water partition coefficient (Wildman–Crippen LogP) is 2.40. The molecule has 0 aromatic heterocycles. The largest absolute Gasteiger partial charge is 0.310 e. The van der Waals surface area contributed by atoms with Gasteiger partial charge in [-0.25, -0.2) is 0 Å². The van der Waals surface area contributed by atoms with Crippen molar-refractivity contribution in [2.45, 2.75) is 40.2 Å². The van der Waals surface area contributed by atoms with Gasteiger partial charge in [-0.15, -0.1) is 0 Å². The third-order valence-electron chi connectivity index (χ3n) is 2.83. The maximum Gasteiger partial charge on any atom is 0.174 e. The van der Waals surface area contributed by atoms with Crippen LogP contribution in [0.15, 0.2) is 12.2 Å². The summed E-state index contributed by atoms with van der Waals surface area (Å²) in [5.41, 5.74) is 0.639. The Labute approximate surface area is 87.8 Å². The molecule has 2 heteroatoms. The van der Waals surface area contributed by atoms with E-state index in [-0.39, 0.29) is 11.8 Å². The number of likely N-dealkylation sites (N-methyl/N-ethyl adjacent to an activating group) is 1. The van der Waals surface area contributed by atoms with Gasteiger partial charge in [0, 0.05) is 0 Å². The molecule has 0 amide bonds. The van der Waals surface area contributed by atoms with Crippen molar-refractivity contribution in [3.8, 4) is 0 Å². The number of carbonyl (C=O) groups excluding carboxylic acids is 1. The lowest BCUT2D eigenvalue weighted by atomic mass is 9.88. The maximum absolute atomic E-state index is 11.7. The van der Waals surface area contributed by atoms with Crippen molar-refractivity contribution in [1.29, 1.82) is 0 Å². The molecule has 0 fully saturated rings. The van der Waals surface area contributed by atoms with Crippen LogP contribution in [0.3, 0.4) is 0 Å². The number of hydrogen-bond acceptors (Lipinski definition) is 2. The van der Waals surface area contributed by atoms with Crippen molar-refractivity contribution in [3.05, 3.63) is 12.2 Å². The van der Waals surface area contributed by atoms with Gasteiger partial charge in [0.05, 0.1) is 6.04 Å². The summed E-state index contributed by atoms with van der Waals surface area (Å²) in [5, 5.41) is 3.06. The average molecular weight is 197 g/mol. The Morgan fingerprint density at radius 2 is 1.86 bits per heavy atom. The summed E-state index contributed by atoms with van der Waals surface area (Å²) < 4.78 is 0. The van der Waals surface area contributed by atoms with Gasteiger partial charge < -0.3 is 5.32 Å². The second-order valence-corrected chi connectivity index (χ2v) is 4.44. The number of hydrogen-bond donors (Lipinski definition) is 1. The van der Waals surface area contributed by atoms with E-state index < -0.39 is 0 Å². The van der Waals surface area contributed by atoms with Gasteiger partial charge in [-0.05, 0) is 37.8 Å². The van der Waals surface area contributed by atoms with E-state index in [0.29, 0.717) is 17.4 Å². The highest BCUT2D eigenvalue weighted by Crippen LogP contribution is 2.17. The summed E-state index contributed by atoms with van der Waals surface area (Å²) in [6, 6.07) is -0.0649. The third-order valence-corrected chi connectivity index (χ3v) is 2.83. The second-order valence-electron chi connectivity index (χ2n) is 4.44. The smallest absolute Gasteiger partial charge is 0.174 e. The van der Waals surface area contributed by atoms with Gasteiger partial charge in [-0.1, -0.05) is 27.4 Å². The normalized spacial score (nSPS) is 15.3. The Bertz CT molecular complexity index is 208. The quantitative estimate of drug-likeness (QED) is 0.662. The molecule has 0 saturated carbocycles. The first-order valence-corrected chi connectivity index (χ1v) is 5.27.